The van der Waals surface area contributed by atoms with Crippen molar-refractivity contribution in [1.82, 2.24) is 15.3 Å². The van der Waals surface area contributed by atoms with Gasteiger partial charge in [0.25, 0.3) is 5.91 Å². The van der Waals surface area contributed by atoms with Gasteiger partial charge in [0.05, 0.1) is 17.3 Å². The van der Waals surface area contributed by atoms with Gasteiger partial charge in [0, 0.05) is 6.20 Å². The van der Waals surface area contributed by atoms with Gasteiger partial charge in [-0.25, -0.2) is 5.48 Å². The Hall–Kier alpha value is -1.36. The van der Waals surface area contributed by atoms with Gasteiger partial charge in [-0.3, -0.25) is 14.7 Å². The normalized spacial score (nSPS) is 11.4. The SMILES string of the molecule is CC(C)(C)n1cc(C(=O)NO)cn1. The van der Waals surface area contributed by atoms with Crippen LogP contribution in [0.4, 0.5) is 0 Å². The maximum Gasteiger partial charge on any atom is 0.277 e. The minimum Gasteiger partial charge on any atom is -0.288 e. The third-order valence-corrected chi connectivity index (χ3v) is 1.63. The lowest BCUT2D eigenvalue weighted by Crippen LogP contribution is -2.22. The zero-order valence-corrected chi connectivity index (χ0v) is 7.90. The second-order valence-electron chi connectivity index (χ2n) is 3.79. The van der Waals surface area contributed by atoms with Gasteiger partial charge < -0.3 is 0 Å². The molecule has 0 aromatic carbocycles. The van der Waals surface area contributed by atoms with Crippen LogP contribution in [0.1, 0.15) is 31.1 Å². The summed E-state index contributed by atoms with van der Waals surface area (Å²) in [6, 6.07) is 0. The molecule has 1 aromatic heterocycles. The topological polar surface area (TPSA) is 67.2 Å². The molecule has 1 aromatic rings. The fourth-order valence-corrected chi connectivity index (χ4v) is 0.871. The van der Waals surface area contributed by atoms with E-state index in [0.717, 1.165) is 0 Å². The Morgan fingerprint density at radius 2 is 2.23 bits per heavy atom. The van der Waals surface area contributed by atoms with E-state index >= 15 is 0 Å². The molecular weight excluding hydrogens is 170 g/mol. The molecule has 1 rings (SSSR count). The fourth-order valence-electron chi connectivity index (χ4n) is 0.871. The highest BCUT2D eigenvalue weighted by atomic mass is 16.5. The van der Waals surface area contributed by atoms with Crippen LogP contribution >= 0.6 is 0 Å². The molecule has 0 bridgehead atoms. The highest BCUT2D eigenvalue weighted by molar-refractivity contribution is 5.92. The lowest BCUT2D eigenvalue weighted by Gasteiger charge is -2.18. The number of hydrogen-bond acceptors (Lipinski definition) is 3. The van der Waals surface area contributed by atoms with Crippen molar-refractivity contribution in [2.75, 3.05) is 0 Å². The fraction of sp³-hybridized carbons (Fsp3) is 0.500. The molecule has 5 nitrogen and oxygen atoms in total. The summed E-state index contributed by atoms with van der Waals surface area (Å²) >= 11 is 0. The second kappa shape index (κ2) is 3.18. The molecule has 1 heterocycles. The van der Waals surface area contributed by atoms with Crippen LogP contribution in [0.5, 0.6) is 0 Å². The van der Waals surface area contributed by atoms with E-state index in [9.17, 15) is 4.79 Å². The van der Waals surface area contributed by atoms with Crippen molar-refractivity contribution in [1.29, 1.82) is 0 Å². The predicted molar refractivity (Wildman–Crippen MR) is 46.5 cm³/mol. The number of hydrogen-bond donors (Lipinski definition) is 2. The first kappa shape index (κ1) is 9.73. The number of aromatic nitrogens is 2. The van der Waals surface area contributed by atoms with Crippen molar-refractivity contribution >= 4 is 5.91 Å². The van der Waals surface area contributed by atoms with Crippen molar-refractivity contribution in [3.05, 3.63) is 18.0 Å². The molecule has 1 amide bonds. The number of nitrogens with one attached hydrogen (secondary N) is 1. The van der Waals surface area contributed by atoms with E-state index in [4.69, 9.17) is 5.21 Å². The molecule has 0 saturated heterocycles. The number of rotatable bonds is 1. The summed E-state index contributed by atoms with van der Waals surface area (Å²) in [5, 5.41) is 12.4. The van der Waals surface area contributed by atoms with E-state index in [0.29, 0.717) is 5.56 Å². The van der Waals surface area contributed by atoms with Gasteiger partial charge in [-0.1, -0.05) is 0 Å². The monoisotopic (exact) mass is 183 g/mol. The first-order valence-electron chi connectivity index (χ1n) is 3.95. The Morgan fingerprint density at radius 3 is 2.62 bits per heavy atom. The first-order chi connectivity index (χ1) is 5.95. The highest BCUT2D eigenvalue weighted by Gasteiger charge is 2.16. The number of hydroxylamine groups is 1. The molecule has 0 fully saturated rings. The molecule has 0 aliphatic rings. The summed E-state index contributed by atoms with van der Waals surface area (Å²) in [6.45, 7) is 5.92. The van der Waals surface area contributed by atoms with Crippen molar-refractivity contribution in [2.24, 2.45) is 0 Å². The van der Waals surface area contributed by atoms with E-state index in [2.05, 4.69) is 5.10 Å². The average Bonchev–Trinajstić information content (AvgIpc) is 2.50. The van der Waals surface area contributed by atoms with Gasteiger partial charge in [-0.2, -0.15) is 5.10 Å². The van der Waals surface area contributed by atoms with Gasteiger partial charge in [0.1, 0.15) is 0 Å². The van der Waals surface area contributed by atoms with Crippen LogP contribution in [0.15, 0.2) is 12.4 Å². The number of amides is 1. The molecule has 13 heavy (non-hydrogen) atoms. The van der Waals surface area contributed by atoms with E-state index in [-0.39, 0.29) is 5.54 Å². The van der Waals surface area contributed by atoms with E-state index in [1.165, 1.54) is 6.20 Å². The van der Waals surface area contributed by atoms with Crippen LogP contribution < -0.4 is 5.48 Å². The maximum atomic E-state index is 10.9. The molecule has 0 aliphatic carbocycles. The summed E-state index contributed by atoms with van der Waals surface area (Å²) in [4.78, 5) is 10.9. The smallest absolute Gasteiger partial charge is 0.277 e. The van der Waals surface area contributed by atoms with Crippen LogP contribution in [0.2, 0.25) is 0 Å². The number of nitrogens with zero attached hydrogens (tertiary/aromatic N) is 2. The molecule has 2 N–H and O–H groups in total. The highest BCUT2D eigenvalue weighted by Crippen LogP contribution is 2.12. The van der Waals surface area contributed by atoms with Gasteiger partial charge in [-0.05, 0) is 20.8 Å². The third kappa shape index (κ3) is 2.06. The maximum absolute atomic E-state index is 10.9. The Morgan fingerprint density at radius 1 is 1.62 bits per heavy atom. The van der Waals surface area contributed by atoms with Crippen molar-refractivity contribution in [3.63, 3.8) is 0 Å². The standard InChI is InChI=1S/C8H13N3O2/c1-8(2,3)11-5-6(4-9-11)7(12)10-13/h4-5,13H,1-3H3,(H,10,12). The Bertz CT molecular complexity index is 311. The molecule has 0 atom stereocenters. The molecule has 72 valence electrons. The van der Waals surface area contributed by atoms with Crippen molar-refractivity contribution in [3.8, 4) is 0 Å². The molecule has 0 radical (unpaired) electrons. The quantitative estimate of drug-likeness (QED) is 0.499. The summed E-state index contributed by atoms with van der Waals surface area (Å²) < 4.78 is 1.66. The summed E-state index contributed by atoms with van der Waals surface area (Å²) in [6.07, 6.45) is 3.00. The van der Waals surface area contributed by atoms with Crippen LogP contribution in [0.3, 0.4) is 0 Å². The van der Waals surface area contributed by atoms with E-state index < -0.39 is 5.91 Å². The zero-order valence-electron chi connectivity index (χ0n) is 7.90. The molecule has 5 heteroatoms. The molecule has 0 saturated carbocycles. The van der Waals surface area contributed by atoms with Gasteiger partial charge in [-0.15, -0.1) is 0 Å². The first-order valence-corrected chi connectivity index (χ1v) is 3.95. The second-order valence-corrected chi connectivity index (χ2v) is 3.79. The molecule has 0 spiro atoms. The lowest BCUT2D eigenvalue weighted by atomic mass is 10.1. The van der Waals surface area contributed by atoms with Crippen LogP contribution in [0, 0.1) is 0 Å². The average molecular weight is 183 g/mol. The predicted octanol–water partition coefficient (Wildman–Crippen LogP) is 0.757. The third-order valence-electron chi connectivity index (χ3n) is 1.63. The number of carbonyl (C=O) groups excluding carboxylic acids is 1. The zero-order chi connectivity index (χ0) is 10.1. The van der Waals surface area contributed by atoms with Gasteiger partial charge >= 0.3 is 0 Å². The Kier molecular flexibility index (Phi) is 2.38. The molecule has 0 aliphatic heterocycles. The summed E-state index contributed by atoms with van der Waals surface area (Å²) in [5.41, 5.74) is 1.74. The number of carbonyl (C=O) groups is 1. The van der Waals surface area contributed by atoms with Crippen LogP contribution in [-0.2, 0) is 5.54 Å². The van der Waals surface area contributed by atoms with Crippen LogP contribution in [-0.4, -0.2) is 20.9 Å². The minimum atomic E-state index is -0.546. The molecular formula is C8H13N3O2. The largest absolute Gasteiger partial charge is 0.288 e. The minimum absolute atomic E-state index is 0.159. The molecule has 0 unspecified atom stereocenters. The summed E-state index contributed by atoms with van der Waals surface area (Å²) in [7, 11) is 0. The van der Waals surface area contributed by atoms with Gasteiger partial charge in [0.15, 0.2) is 0 Å². The lowest BCUT2D eigenvalue weighted by molar-refractivity contribution is 0.0706. The summed E-state index contributed by atoms with van der Waals surface area (Å²) in [5.74, 6) is -0.546. The Balaban J connectivity index is 2.93. The van der Waals surface area contributed by atoms with Crippen LogP contribution in [0.25, 0.3) is 0 Å². The van der Waals surface area contributed by atoms with Crippen molar-refractivity contribution in [2.45, 2.75) is 26.3 Å². The van der Waals surface area contributed by atoms with Crippen molar-refractivity contribution < 1.29 is 10.0 Å². The van der Waals surface area contributed by atoms with E-state index in [1.807, 2.05) is 20.8 Å². The van der Waals surface area contributed by atoms with E-state index in [1.54, 1.807) is 16.4 Å². The Labute approximate surface area is 76.3 Å². The van der Waals surface area contributed by atoms with Gasteiger partial charge in [0.2, 0.25) is 0 Å².